The van der Waals surface area contributed by atoms with E-state index in [4.69, 9.17) is 4.74 Å². The molecule has 0 amide bonds. The predicted molar refractivity (Wildman–Crippen MR) is 84.3 cm³/mol. The molecule has 1 aromatic rings. The Morgan fingerprint density at radius 3 is 2.86 bits per heavy atom. The quantitative estimate of drug-likeness (QED) is 0.847. The Morgan fingerprint density at radius 1 is 1.19 bits per heavy atom. The molecular formula is C19H22O2. The number of aliphatic hydroxyl groups is 1. The Kier molecular flexibility index (Phi) is 2.80. The molecular weight excluding hydrogens is 260 g/mol. The van der Waals surface area contributed by atoms with E-state index >= 15 is 0 Å². The molecule has 0 saturated heterocycles. The molecule has 0 radical (unpaired) electrons. The van der Waals surface area contributed by atoms with E-state index in [1.807, 2.05) is 0 Å². The van der Waals surface area contributed by atoms with Crippen molar-refractivity contribution in [1.82, 2.24) is 0 Å². The lowest BCUT2D eigenvalue weighted by Crippen LogP contribution is -2.33. The summed E-state index contributed by atoms with van der Waals surface area (Å²) in [6, 6.07) is 6.47. The average Bonchev–Trinajstić information content (AvgIpc) is 2.82. The second-order valence-corrected chi connectivity index (χ2v) is 6.77. The zero-order valence-electron chi connectivity index (χ0n) is 12.8. The van der Waals surface area contributed by atoms with Gasteiger partial charge in [-0.05, 0) is 72.1 Å². The van der Waals surface area contributed by atoms with Crippen LogP contribution in [-0.2, 0) is 6.42 Å². The van der Waals surface area contributed by atoms with E-state index in [1.165, 1.54) is 27.8 Å². The fourth-order valence-corrected chi connectivity index (χ4v) is 4.41. The fraction of sp³-hybridized carbons (Fsp3) is 0.474. The molecule has 21 heavy (non-hydrogen) atoms. The SMILES string of the molecule is COc1ccc2c(c1)CCC1=C2CC[C@@]2(C)C1=CC[C@H]2O. The van der Waals surface area contributed by atoms with Gasteiger partial charge in [-0.3, -0.25) is 0 Å². The van der Waals surface area contributed by atoms with Gasteiger partial charge in [0.1, 0.15) is 5.75 Å². The monoisotopic (exact) mass is 282 g/mol. The van der Waals surface area contributed by atoms with Crippen LogP contribution >= 0.6 is 0 Å². The Bertz CT molecular complexity index is 668. The van der Waals surface area contributed by atoms with Gasteiger partial charge in [-0.1, -0.05) is 19.1 Å². The highest BCUT2D eigenvalue weighted by Gasteiger charge is 2.45. The van der Waals surface area contributed by atoms with E-state index < -0.39 is 0 Å². The van der Waals surface area contributed by atoms with Crippen molar-refractivity contribution in [3.8, 4) is 5.75 Å². The maximum absolute atomic E-state index is 10.3. The van der Waals surface area contributed by atoms with Crippen LogP contribution < -0.4 is 4.74 Å². The van der Waals surface area contributed by atoms with Crippen molar-refractivity contribution in [3.05, 3.63) is 46.5 Å². The highest BCUT2D eigenvalue weighted by atomic mass is 16.5. The van der Waals surface area contributed by atoms with E-state index in [1.54, 1.807) is 7.11 Å². The number of aliphatic hydroxyl groups excluding tert-OH is 1. The number of rotatable bonds is 1. The molecule has 0 aromatic heterocycles. The molecule has 4 rings (SSSR count). The van der Waals surface area contributed by atoms with E-state index in [0.29, 0.717) is 0 Å². The van der Waals surface area contributed by atoms with Crippen LogP contribution in [0.5, 0.6) is 5.75 Å². The minimum atomic E-state index is -0.196. The van der Waals surface area contributed by atoms with Crippen molar-refractivity contribution < 1.29 is 9.84 Å². The molecule has 0 aliphatic heterocycles. The molecule has 1 N–H and O–H groups in total. The molecule has 2 heteroatoms. The smallest absolute Gasteiger partial charge is 0.119 e. The largest absolute Gasteiger partial charge is 0.497 e. The summed E-state index contributed by atoms with van der Waals surface area (Å²) in [5.41, 5.74) is 7.26. The van der Waals surface area contributed by atoms with Crippen molar-refractivity contribution in [2.45, 2.75) is 45.1 Å². The summed E-state index contributed by atoms with van der Waals surface area (Å²) >= 11 is 0. The van der Waals surface area contributed by atoms with Gasteiger partial charge in [-0.25, -0.2) is 0 Å². The Labute approximate surface area is 126 Å². The first kappa shape index (κ1) is 13.1. The zero-order chi connectivity index (χ0) is 14.6. The first-order chi connectivity index (χ1) is 10.1. The van der Waals surface area contributed by atoms with Gasteiger partial charge in [0.2, 0.25) is 0 Å². The molecule has 0 spiro atoms. The van der Waals surface area contributed by atoms with Crippen LogP contribution in [0.2, 0.25) is 0 Å². The van der Waals surface area contributed by atoms with Gasteiger partial charge in [0.05, 0.1) is 13.2 Å². The number of allylic oxidation sites excluding steroid dienone is 2. The molecule has 2 nitrogen and oxygen atoms in total. The topological polar surface area (TPSA) is 29.5 Å². The van der Waals surface area contributed by atoms with Gasteiger partial charge < -0.3 is 9.84 Å². The van der Waals surface area contributed by atoms with E-state index in [-0.39, 0.29) is 11.5 Å². The standard InChI is InChI=1S/C19H22O2/c1-19-10-9-15-14-6-4-13(21-2)11-12(14)3-5-16(15)17(19)7-8-18(19)20/h4,6-7,11,18,20H,3,5,8-10H2,1-2H3/t18-,19+/m1/s1. The van der Waals surface area contributed by atoms with Crippen LogP contribution in [0.15, 0.2) is 35.4 Å². The summed E-state index contributed by atoms with van der Waals surface area (Å²) in [4.78, 5) is 0. The number of fused-ring (bicyclic) bond motifs is 4. The van der Waals surface area contributed by atoms with E-state index in [0.717, 1.165) is 37.9 Å². The highest BCUT2D eigenvalue weighted by Crippen LogP contribution is 2.55. The molecule has 2 atom stereocenters. The van der Waals surface area contributed by atoms with Crippen molar-refractivity contribution >= 4 is 5.57 Å². The van der Waals surface area contributed by atoms with Gasteiger partial charge >= 0.3 is 0 Å². The third-order valence-corrected chi connectivity index (χ3v) is 5.76. The normalized spacial score (nSPS) is 30.4. The summed E-state index contributed by atoms with van der Waals surface area (Å²) in [7, 11) is 1.73. The van der Waals surface area contributed by atoms with Gasteiger partial charge in [-0.2, -0.15) is 0 Å². The van der Waals surface area contributed by atoms with Gasteiger partial charge in [-0.15, -0.1) is 0 Å². The molecule has 3 aliphatic carbocycles. The Morgan fingerprint density at radius 2 is 2.05 bits per heavy atom. The Hall–Kier alpha value is -1.54. The average molecular weight is 282 g/mol. The van der Waals surface area contributed by atoms with Crippen LogP contribution in [0.4, 0.5) is 0 Å². The van der Waals surface area contributed by atoms with E-state index in [9.17, 15) is 5.11 Å². The summed E-state index contributed by atoms with van der Waals surface area (Å²) in [5, 5.41) is 10.3. The summed E-state index contributed by atoms with van der Waals surface area (Å²) in [6.45, 7) is 2.24. The zero-order valence-corrected chi connectivity index (χ0v) is 12.8. The summed E-state index contributed by atoms with van der Waals surface area (Å²) < 4.78 is 5.36. The van der Waals surface area contributed by atoms with Gasteiger partial charge in [0.15, 0.2) is 0 Å². The number of hydrogen-bond donors (Lipinski definition) is 1. The number of ether oxygens (including phenoxy) is 1. The predicted octanol–water partition coefficient (Wildman–Crippen LogP) is 3.89. The first-order valence-corrected chi connectivity index (χ1v) is 7.92. The summed E-state index contributed by atoms with van der Waals surface area (Å²) in [5.74, 6) is 0.953. The number of hydrogen-bond acceptors (Lipinski definition) is 2. The van der Waals surface area contributed by atoms with Gasteiger partial charge in [0.25, 0.3) is 0 Å². The van der Waals surface area contributed by atoms with Gasteiger partial charge in [0, 0.05) is 5.41 Å². The maximum atomic E-state index is 10.3. The van der Waals surface area contributed by atoms with Crippen LogP contribution in [-0.4, -0.2) is 18.3 Å². The van der Waals surface area contributed by atoms with Crippen LogP contribution in [0.25, 0.3) is 5.57 Å². The molecule has 0 unspecified atom stereocenters. The Balaban J connectivity index is 1.83. The van der Waals surface area contributed by atoms with Crippen molar-refractivity contribution in [1.29, 1.82) is 0 Å². The fourth-order valence-electron chi connectivity index (χ4n) is 4.41. The lowest BCUT2D eigenvalue weighted by atomic mass is 9.65. The summed E-state index contributed by atoms with van der Waals surface area (Å²) in [6.07, 6.45) is 7.23. The molecule has 0 fully saturated rings. The molecule has 110 valence electrons. The van der Waals surface area contributed by atoms with Crippen LogP contribution in [0.3, 0.4) is 0 Å². The second-order valence-electron chi connectivity index (χ2n) is 6.77. The second kappa shape index (κ2) is 4.48. The molecule has 3 aliphatic rings. The van der Waals surface area contributed by atoms with Crippen LogP contribution in [0.1, 0.15) is 43.7 Å². The molecule has 0 bridgehead atoms. The minimum Gasteiger partial charge on any atom is -0.497 e. The molecule has 1 aromatic carbocycles. The third kappa shape index (κ3) is 1.75. The van der Waals surface area contributed by atoms with Crippen LogP contribution in [0, 0.1) is 5.41 Å². The molecule has 0 saturated carbocycles. The molecule has 0 heterocycles. The number of methoxy groups -OCH3 is 1. The van der Waals surface area contributed by atoms with Crippen molar-refractivity contribution in [2.75, 3.05) is 7.11 Å². The maximum Gasteiger partial charge on any atom is 0.119 e. The lowest BCUT2D eigenvalue weighted by molar-refractivity contribution is 0.0728. The van der Waals surface area contributed by atoms with Crippen molar-refractivity contribution in [2.24, 2.45) is 5.41 Å². The lowest BCUT2D eigenvalue weighted by Gasteiger charge is -2.40. The first-order valence-electron chi connectivity index (χ1n) is 7.92. The minimum absolute atomic E-state index is 0.0111. The highest BCUT2D eigenvalue weighted by molar-refractivity contribution is 5.79. The number of aryl methyl sites for hydroxylation is 1. The third-order valence-electron chi connectivity index (χ3n) is 5.76. The number of benzene rings is 1. The van der Waals surface area contributed by atoms with Crippen molar-refractivity contribution in [3.63, 3.8) is 0 Å². The van der Waals surface area contributed by atoms with E-state index in [2.05, 4.69) is 31.2 Å².